The van der Waals surface area contributed by atoms with Crippen LogP contribution in [0.4, 0.5) is 17.1 Å². The fraction of sp³-hybridized carbons (Fsp3) is 0. The van der Waals surface area contributed by atoms with Crippen LogP contribution < -0.4 is 4.90 Å². The highest BCUT2D eigenvalue weighted by molar-refractivity contribution is 8.00. The Hall–Kier alpha value is -5.73. The minimum atomic E-state index is 0.649. The molecule has 53 heavy (non-hydrogen) atoms. The molecule has 0 amide bonds. The van der Waals surface area contributed by atoms with Crippen LogP contribution in [0.25, 0.3) is 61.4 Å². The van der Waals surface area contributed by atoms with Crippen molar-refractivity contribution in [3.05, 3.63) is 164 Å². The first-order chi connectivity index (χ1) is 26.2. The number of thiol groups is 1. The average molecular weight is 733 g/mol. The van der Waals surface area contributed by atoms with Crippen molar-refractivity contribution in [1.29, 1.82) is 0 Å². The first-order valence-corrected chi connectivity index (χ1v) is 19.5. The molecule has 0 fully saturated rings. The third kappa shape index (κ3) is 4.96. The fourth-order valence-electron chi connectivity index (χ4n) is 7.68. The van der Waals surface area contributed by atoms with Gasteiger partial charge in [-0.2, -0.15) is 0 Å². The van der Waals surface area contributed by atoms with Crippen LogP contribution in [-0.4, -0.2) is 14.5 Å². The molecule has 0 saturated heterocycles. The molecule has 4 heterocycles. The number of hydrogen-bond donors (Lipinski definition) is 1. The maximum atomic E-state index is 5.22. The van der Waals surface area contributed by atoms with Gasteiger partial charge < -0.3 is 4.90 Å². The van der Waals surface area contributed by atoms with Gasteiger partial charge in [-0.1, -0.05) is 127 Å². The summed E-state index contributed by atoms with van der Waals surface area (Å²) in [4.78, 5) is 18.8. The summed E-state index contributed by atoms with van der Waals surface area (Å²) < 4.78 is 2.22. The van der Waals surface area contributed by atoms with E-state index < -0.39 is 0 Å². The Labute approximate surface area is 320 Å². The van der Waals surface area contributed by atoms with E-state index in [1.165, 1.54) is 42.1 Å². The van der Waals surface area contributed by atoms with E-state index in [2.05, 4.69) is 161 Å². The highest BCUT2D eigenvalue weighted by atomic mass is 32.2. The molecule has 0 atom stereocenters. The van der Waals surface area contributed by atoms with Gasteiger partial charge in [0.05, 0.1) is 39.5 Å². The summed E-state index contributed by atoms with van der Waals surface area (Å²) in [7, 11) is 0. The fourth-order valence-corrected chi connectivity index (χ4v) is 10.4. The molecule has 7 aromatic carbocycles. The molecule has 7 heteroatoms. The Bertz CT molecular complexity index is 2850. The number of fused-ring (bicyclic) bond motifs is 7. The molecular weight excluding hydrogens is 705 g/mol. The van der Waals surface area contributed by atoms with Crippen molar-refractivity contribution in [2.45, 2.75) is 24.5 Å². The summed E-state index contributed by atoms with van der Waals surface area (Å²) in [6, 6.07) is 58.0. The lowest BCUT2D eigenvalue weighted by atomic mass is 10.0. The number of benzene rings is 7. The van der Waals surface area contributed by atoms with Crippen molar-refractivity contribution in [2.75, 3.05) is 4.90 Å². The summed E-state index contributed by atoms with van der Waals surface area (Å²) in [5.74, 6) is 0.649. The predicted octanol–water partition coefficient (Wildman–Crippen LogP) is 13.3. The van der Waals surface area contributed by atoms with Crippen molar-refractivity contribution in [3.8, 4) is 39.6 Å². The Balaban J connectivity index is 1.10. The third-order valence-corrected chi connectivity index (χ3v) is 12.6. The first kappa shape index (κ1) is 30.9. The monoisotopic (exact) mass is 732 g/mol. The van der Waals surface area contributed by atoms with E-state index in [0.717, 1.165) is 54.9 Å². The van der Waals surface area contributed by atoms with Crippen LogP contribution in [0.2, 0.25) is 0 Å². The first-order valence-electron chi connectivity index (χ1n) is 17.5. The molecule has 4 nitrogen and oxygen atoms in total. The van der Waals surface area contributed by atoms with E-state index in [9.17, 15) is 0 Å². The molecule has 9 aromatic rings. The van der Waals surface area contributed by atoms with Crippen molar-refractivity contribution in [2.24, 2.45) is 0 Å². The van der Waals surface area contributed by atoms with Crippen molar-refractivity contribution < 1.29 is 0 Å². The van der Waals surface area contributed by atoms with E-state index in [1.807, 2.05) is 35.7 Å². The van der Waals surface area contributed by atoms with Crippen LogP contribution in [0.1, 0.15) is 0 Å². The van der Waals surface area contributed by atoms with Crippen molar-refractivity contribution >= 4 is 75.0 Å². The zero-order valence-corrected chi connectivity index (χ0v) is 30.7. The average Bonchev–Trinajstić information content (AvgIpc) is 3.55. The smallest absolute Gasteiger partial charge is 0.235 e. The van der Waals surface area contributed by atoms with Gasteiger partial charge in [0.15, 0.2) is 0 Å². The SMILES string of the molecule is Sc1cccc2c1N1c3ccccc3Sc3cc(-c4ccc5c(c4)c4ccccc4n5-c4nc(-c5ccccc5)cc(-c5ccccc5)n4)cc(c31)S2. The molecule has 0 bridgehead atoms. The van der Waals surface area contributed by atoms with Gasteiger partial charge in [0.2, 0.25) is 5.95 Å². The van der Waals surface area contributed by atoms with Crippen molar-refractivity contribution in [1.82, 2.24) is 14.5 Å². The highest BCUT2D eigenvalue weighted by Crippen LogP contribution is 2.61. The van der Waals surface area contributed by atoms with E-state index in [4.69, 9.17) is 22.6 Å². The van der Waals surface area contributed by atoms with Crippen LogP contribution in [0.3, 0.4) is 0 Å². The second kappa shape index (κ2) is 12.2. The summed E-state index contributed by atoms with van der Waals surface area (Å²) in [6.07, 6.45) is 0. The molecule has 11 rings (SSSR count). The van der Waals surface area contributed by atoms with E-state index in [0.29, 0.717) is 5.95 Å². The van der Waals surface area contributed by atoms with Gasteiger partial charge in [-0.3, -0.25) is 4.57 Å². The number of aromatic nitrogens is 3. The minimum Gasteiger partial charge on any atom is -0.305 e. The number of hydrogen-bond acceptors (Lipinski definition) is 6. The summed E-state index contributed by atoms with van der Waals surface area (Å²) in [6.45, 7) is 0. The highest BCUT2D eigenvalue weighted by Gasteiger charge is 2.34. The summed E-state index contributed by atoms with van der Waals surface area (Å²) >= 11 is 8.61. The lowest BCUT2D eigenvalue weighted by Crippen LogP contribution is -2.19. The van der Waals surface area contributed by atoms with E-state index in [-0.39, 0.29) is 0 Å². The van der Waals surface area contributed by atoms with Crippen LogP contribution in [-0.2, 0) is 0 Å². The molecule has 0 N–H and O–H groups in total. The van der Waals surface area contributed by atoms with Gasteiger partial charge in [0, 0.05) is 46.4 Å². The molecule has 250 valence electrons. The van der Waals surface area contributed by atoms with E-state index >= 15 is 0 Å². The van der Waals surface area contributed by atoms with Gasteiger partial charge in [0.25, 0.3) is 0 Å². The lowest BCUT2D eigenvalue weighted by Gasteiger charge is -2.39. The molecule has 2 aliphatic rings. The van der Waals surface area contributed by atoms with Crippen LogP contribution >= 0.6 is 36.2 Å². The molecular formula is C46H28N4S3. The molecule has 2 aromatic heterocycles. The van der Waals surface area contributed by atoms with E-state index in [1.54, 1.807) is 0 Å². The molecule has 0 aliphatic carbocycles. The zero-order chi connectivity index (χ0) is 35.0. The van der Waals surface area contributed by atoms with Crippen LogP contribution in [0.5, 0.6) is 0 Å². The predicted molar refractivity (Wildman–Crippen MR) is 223 cm³/mol. The standard InChI is InChI=1S/C46H28N4S3/c51-39-19-11-21-41-44(39)50-38-18-9-10-20-40(38)52-42-25-31(26-43(53-41)45(42)50)30-22-23-37-33(24-30)32-16-7-8-17-36(32)49(37)46-47-34(28-12-3-1-4-13-28)27-35(48-46)29-14-5-2-6-15-29/h1-27,51H. The third-order valence-electron chi connectivity index (χ3n) is 10.1. The molecule has 2 aliphatic heterocycles. The van der Waals surface area contributed by atoms with Gasteiger partial charge in [-0.05, 0) is 71.8 Å². The second-order valence-corrected chi connectivity index (χ2v) is 15.9. The topological polar surface area (TPSA) is 34.0 Å². The van der Waals surface area contributed by atoms with Crippen LogP contribution in [0.15, 0.2) is 188 Å². The Kier molecular flexibility index (Phi) is 7.09. The molecule has 0 radical (unpaired) electrons. The van der Waals surface area contributed by atoms with Gasteiger partial charge in [-0.15, -0.1) is 12.6 Å². The maximum Gasteiger partial charge on any atom is 0.235 e. The molecule has 0 saturated carbocycles. The Morgan fingerprint density at radius 2 is 1.06 bits per heavy atom. The van der Waals surface area contributed by atoms with Crippen LogP contribution in [0, 0.1) is 0 Å². The lowest BCUT2D eigenvalue weighted by molar-refractivity contribution is 0.995. The largest absolute Gasteiger partial charge is 0.305 e. The van der Waals surface area contributed by atoms with Gasteiger partial charge >= 0.3 is 0 Å². The number of nitrogens with zero attached hydrogens (tertiary/aromatic N) is 4. The Morgan fingerprint density at radius 3 is 1.81 bits per heavy atom. The Morgan fingerprint density at radius 1 is 0.434 bits per heavy atom. The second-order valence-electron chi connectivity index (χ2n) is 13.2. The minimum absolute atomic E-state index is 0.649. The van der Waals surface area contributed by atoms with Crippen molar-refractivity contribution in [3.63, 3.8) is 0 Å². The number of anilines is 3. The maximum absolute atomic E-state index is 5.22. The quantitative estimate of drug-likeness (QED) is 0.182. The van der Waals surface area contributed by atoms with Gasteiger partial charge in [-0.25, -0.2) is 9.97 Å². The molecule has 0 unspecified atom stereocenters. The molecule has 0 spiro atoms. The summed E-state index contributed by atoms with van der Waals surface area (Å²) in [5, 5.41) is 2.33. The number of rotatable bonds is 4. The van der Waals surface area contributed by atoms with Gasteiger partial charge in [0.1, 0.15) is 0 Å². The zero-order valence-electron chi connectivity index (χ0n) is 28.1. The summed E-state index contributed by atoms with van der Waals surface area (Å²) in [5.41, 5.74) is 12.0. The normalized spacial score (nSPS) is 12.8. The number of para-hydroxylation sites is 3.